The van der Waals surface area contributed by atoms with Gasteiger partial charge < -0.3 is 23.7 Å². The molecule has 134 valence electrons. The molecule has 0 spiro atoms. The van der Waals surface area contributed by atoms with Crippen LogP contribution in [-0.4, -0.2) is 46.0 Å². The van der Waals surface area contributed by atoms with Gasteiger partial charge in [-0.15, -0.1) is 0 Å². The van der Waals surface area contributed by atoms with Crippen molar-refractivity contribution in [3.63, 3.8) is 0 Å². The van der Waals surface area contributed by atoms with Crippen molar-refractivity contribution in [1.29, 1.82) is 0 Å². The van der Waals surface area contributed by atoms with Gasteiger partial charge in [0.25, 0.3) is 0 Å². The van der Waals surface area contributed by atoms with Crippen molar-refractivity contribution in [1.82, 2.24) is 4.98 Å². The summed E-state index contributed by atoms with van der Waals surface area (Å²) in [5, 5.41) is 0. The van der Waals surface area contributed by atoms with Crippen LogP contribution < -0.4 is 14.2 Å². The Morgan fingerprint density at radius 1 is 1.04 bits per heavy atom. The number of nitrogens with zero attached hydrogens (tertiary/aromatic N) is 1. The summed E-state index contributed by atoms with van der Waals surface area (Å²) in [5.74, 6) is 1.07. The normalized spacial score (nSPS) is 10.2. The lowest BCUT2D eigenvalue weighted by Gasteiger charge is -2.16. The highest BCUT2D eigenvalue weighted by atomic mass is 16.6. The summed E-state index contributed by atoms with van der Waals surface area (Å²) in [6.45, 7) is 0.203. The van der Waals surface area contributed by atoms with Crippen molar-refractivity contribution in [2.45, 2.75) is 6.61 Å². The zero-order valence-corrected chi connectivity index (χ0v) is 14.7. The second-order valence-corrected chi connectivity index (χ2v) is 5.04. The highest BCUT2D eigenvalue weighted by molar-refractivity contribution is 5.78. The fourth-order valence-electron chi connectivity index (χ4n) is 2.32. The van der Waals surface area contributed by atoms with Crippen LogP contribution in [0.5, 0.6) is 17.2 Å². The number of carbonyl (C=O) groups excluding carboxylic acids is 1. The topological polar surface area (TPSA) is 76.1 Å². The third-order valence-corrected chi connectivity index (χ3v) is 3.46. The van der Waals surface area contributed by atoms with Crippen LogP contribution in [0.3, 0.4) is 0 Å². The fraction of sp³-hybridized carbons (Fsp3) is 0.333. The van der Waals surface area contributed by atoms with Gasteiger partial charge in [0.2, 0.25) is 0 Å². The van der Waals surface area contributed by atoms with Gasteiger partial charge >= 0.3 is 5.97 Å². The summed E-state index contributed by atoms with van der Waals surface area (Å²) in [5.41, 5.74) is 2.42. The molecule has 0 unspecified atom stereocenters. The van der Waals surface area contributed by atoms with Gasteiger partial charge in [0.15, 0.2) is 6.61 Å². The van der Waals surface area contributed by atoms with E-state index in [1.165, 1.54) is 7.11 Å². The maximum Gasteiger partial charge on any atom is 0.343 e. The van der Waals surface area contributed by atoms with Gasteiger partial charge in [-0.1, -0.05) is 0 Å². The Balaban J connectivity index is 2.43. The molecule has 0 saturated carbocycles. The highest BCUT2D eigenvalue weighted by Crippen LogP contribution is 2.41. The lowest BCUT2D eigenvalue weighted by atomic mass is 10.0. The Bertz CT molecular complexity index is 706. The summed E-state index contributed by atoms with van der Waals surface area (Å²) in [6, 6.07) is 7.14. The zero-order valence-electron chi connectivity index (χ0n) is 14.7. The van der Waals surface area contributed by atoms with Crippen molar-refractivity contribution in [3.8, 4) is 28.4 Å². The molecule has 25 heavy (non-hydrogen) atoms. The molecule has 0 aliphatic carbocycles. The second-order valence-electron chi connectivity index (χ2n) is 5.04. The van der Waals surface area contributed by atoms with Crippen LogP contribution in [0, 0.1) is 0 Å². The maximum absolute atomic E-state index is 11.3. The van der Waals surface area contributed by atoms with E-state index in [9.17, 15) is 4.79 Å². The summed E-state index contributed by atoms with van der Waals surface area (Å²) in [6.07, 6.45) is 1.70. The first kappa shape index (κ1) is 18.5. The molecular formula is C18H21NO6. The minimum absolute atomic E-state index is 0.199. The van der Waals surface area contributed by atoms with Crippen LogP contribution in [0.4, 0.5) is 0 Å². The standard InChI is InChI=1S/C18H21NO6/c1-21-10-13-7-12(5-6-19-13)18-15(22-2)8-14(9-16(18)23-3)25-11-17(20)24-4/h5-9H,10-11H2,1-4H3. The van der Waals surface area contributed by atoms with E-state index in [2.05, 4.69) is 9.72 Å². The van der Waals surface area contributed by atoms with E-state index < -0.39 is 5.97 Å². The molecule has 2 aromatic rings. The van der Waals surface area contributed by atoms with E-state index in [1.807, 2.05) is 12.1 Å². The molecule has 0 atom stereocenters. The first-order chi connectivity index (χ1) is 12.1. The van der Waals surface area contributed by atoms with Gasteiger partial charge in [-0.25, -0.2) is 4.79 Å². The van der Waals surface area contributed by atoms with Crippen LogP contribution in [0.25, 0.3) is 11.1 Å². The monoisotopic (exact) mass is 347 g/mol. The van der Waals surface area contributed by atoms with Crippen molar-refractivity contribution < 1.29 is 28.5 Å². The molecule has 0 bridgehead atoms. The largest absolute Gasteiger partial charge is 0.496 e. The van der Waals surface area contributed by atoms with E-state index in [4.69, 9.17) is 18.9 Å². The predicted molar refractivity (Wildman–Crippen MR) is 91.0 cm³/mol. The highest BCUT2D eigenvalue weighted by Gasteiger charge is 2.17. The van der Waals surface area contributed by atoms with Gasteiger partial charge in [0.1, 0.15) is 17.2 Å². The van der Waals surface area contributed by atoms with Crippen molar-refractivity contribution in [2.24, 2.45) is 0 Å². The molecule has 1 aromatic heterocycles. The van der Waals surface area contributed by atoms with E-state index in [-0.39, 0.29) is 6.61 Å². The lowest BCUT2D eigenvalue weighted by Crippen LogP contribution is -2.12. The van der Waals surface area contributed by atoms with Crippen molar-refractivity contribution >= 4 is 5.97 Å². The van der Waals surface area contributed by atoms with Crippen LogP contribution >= 0.6 is 0 Å². The number of methoxy groups -OCH3 is 4. The molecule has 0 saturated heterocycles. The van der Waals surface area contributed by atoms with E-state index in [0.29, 0.717) is 23.9 Å². The SMILES string of the molecule is COCc1cc(-c2c(OC)cc(OCC(=O)OC)cc2OC)ccn1. The molecule has 0 radical (unpaired) electrons. The molecule has 7 heteroatoms. The third kappa shape index (κ3) is 4.60. The second kappa shape index (κ2) is 8.89. The van der Waals surface area contributed by atoms with Crippen LogP contribution in [0.2, 0.25) is 0 Å². The average molecular weight is 347 g/mol. The minimum atomic E-state index is -0.472. The number of pyridine rings is 1. The van der Waals surface area contributed by atoms with Crippen LogP contribution in [0.15, 0.2) is 30.5 Å². The summed E-state index contributed by atoms with van der Waals surface area (Å²) in [4.78, 5) is 15.5. The average Bonchev–Trinajstić information content (AvgIpc) is 2.65. The molecule has 0 fully saturated rings. The molecular weight excluding hydrogens is 326 g/mol. The molecule has 0 aliphatic heterocycles. The quantitative estimate of drug-likeness (QED) is 0.679. The Hall–Kier alpha value is -2.80. The van der Waals surface area contributed by atoms with E-state index in [0.717, 1.165) is 16.8 Å². The third-order valence-electron chi connectivity index (χ3n) is 3.46. The first-order valence-corrected chi connectivity index (χ1v) is 7.52. The van der Waals surface area contributed by atoms with Crippen molar-refractivity contribution in [2.75, 3.05) is 35.0 Å². The molecule has 1 aromatic carbocycles. The number of ether oxygens (including phenoxy) is 5. The number of rotatable bonds is 8. The predicted octanol–water partition coefficient (Wildman–Crippen LogP) is 2.46. The Morgan fingerprint density at radius 2 is 1.72 bits per heavy atom. The van der Waals surface area contributed by atoms with Gasteiger partial charge in [0, 0.05) is 25.4 Å². The Morgan fingerprint density at radius 3 is 2.28 bits per heavy atom. The van der Waals surface area contributed by atoms with Crippen LogP contribution in [0.1, 0.15) is 5.69 Å². The molecule has 0 amide bonds. The number of hydrogen-bond donors (Lipinski definition) is 0. The van der Waals surface area contributed by atoms with E-state index >= 15 is 0 Å². The van der Waals surface area contributed by atoms with Crippen LogP contribution in [-0.2, 0) is 20.9 Å². The fourth-order valence-corrected chi connectivity index (χ4v) is 2.32. The zero-order chi connectivity index (χ0) is 18.2. The number of hydrogen-bond acceptors (Lipinski definition) is 7. The molecule has 7 nitrogen and oxygen atoms in total. The minimum Gasteiger partial charge on any atom is -0.496 e. The van der Waals surface area contributed by atoms with Gasteiger partial charge in [-0.3, -0.25) is 4.98 Å². The summed E-state index contributed by atoms with van der Waals surface area (Å²) >= 11 is 0. The summed E-state index contributed by atoms with van der Waals surface area (Å²) in [7, 11) is 6.03. The van der Waals surface area contributed by atoms with Crippen molar-refractivity contribution in [3.05, 3.63) is 36.2 Å². The Kier molecular flexibility index (Phi) is 6.59. The summed E-state index contributed by atoms with van der Waals surface area (Å²) < 4.78 is 26.1. The smallest absolute Gasteiger partial charge is 0.343 e. The number of esters is 1. The Labute approximate surface area is 146 Å². The van der Waals surface area contributed by atoms with Gasteiger partial charge in [0.05, 0.1) is 39.2 Å². The number of carbonyl (C=O) groups is 1. The number of aromatic nitrogens is 1. The maximum atomic E-state index is 11.3. The number of benzene rings is 1. The molecule has 0 N–H and O–H groups in total. The lowest BCUT2D eigenvalue weighted by molar-refractivity contribution is -0.142. The van der Waals surface area contributed by atoms with Gasteiger partial charge in [-0.2, -0.15) is 0 Å². The first-order valence-electron chi connectivity index (χ1n) is 7.52. The molecule has 2 rings (SSSR count). The molecule has 0 aliphatic rings. The van der Waals surface area contributed by atoms with E-state index in [1.54, 1.807) is 39.7 Å². The molecule has 1 heterocycles. The van der Waals surface area contributed by atoms with Gasteiger partial charge in [-0.05, 0) is 17.7 Å².